The van der Waals surface area contributed by atoms with Gasteiger partial charge < -0.3 is 29.5 Å². The van der Waals surface area contributed by atoms with Gasteiger partial charge in [0.2, 0.25) is 5.95 Å². The number of nitrogens with zero attached hydrogens (tertiary/aromatic N) is 7. The molecule has 3 aromatic rings. The number of benzene rings is 1. The first-order chi connectivity index (χ1) is 20.5. The van der Waals surface area contributed by atoms with Crippen LogP contribution < -0.4 is 9.80 Å². The van der Waals surface area contributed by atoms with Crippen molar-refractivity contribution in [2.75, 3.05) is 49.2 Å². The van der Waals surface area contributed by atoms with Crippen molar-refractivity contribution in [3.05, 3.63) is 47.7 Å². The van der Waals surface area contributed by atoms with Gasteiger partial charge in [0.05, 0.1) is 37.1 Å². The maximum atomic E-state index is 11.4. The Bertz CT molecular complexity index is 1540. The third kappa shape index (κ3) is 5.99. The van der Waals surface area contributed by atoms with Gasteiger partial charge >= 0.3 is 0 Å². The molecule has 3 aliphatic heterocycles. The van der Waals surface area contributed by atoms with E-state index in [1.807, 2.05) is 43.3 Å². The first-order valence-electron chi connectivity index (χ1n) is 15.1. The molecular weight excluding hydrogens is 546 g/mol. The van der Waals surface area contributed by atoms with Crippen molar-refractivity contribution in [1.82, 2.24) is 19.9 Å². The summed E-state index contributed by atoms with van der Waals surface area (Å²) in [7, 11) is 0. The second-order valence-corrected chi connectivity index (χ2v) is 12.5. The van der Waals surface area contributed by atoms with Crippen LogP contribution in [0.5, 0.6) is 0 Å². The number of ether oxygens (including phenoxy) is 2. The Morgan fingerprint density at radius 1 is 0.977 bits per heavy atom. The van der Waals surface area contributed by atoms with Crippen LogP contribution in [0.4, 0.5) is 11.8 Å². The molecule has 3 aliphatic rings. The molecule has 5 heterocycles. The van der Waals surface area contributed by atoms with Gasteiger partial charge in [0.25, 0.3) is 0 Å². The van der Waals surface area contributed by atoms with Crippen LogP contribution in [-0.2, 0) is 15.0 Å². The van der Waals surface area contributed by atoms with E-state index >= 15 is 0 Å². The highest BCUT2D eigenvalue weighted by Crippen LogP contribution is 2.41. The number of aromatic nitrogens is 4. The van der Waals surface area contributed by atoms with E-state index in [9.17, 15) is 10.2 Å². The maximum Gasteiger partial charge on any atom is 0.228 e. The summed E-state index contributed by atoms with van der Waals surface area (Å²) < 4.78 is 11.6. The minimum atomic E-state index is -1.23. The van der Waals surface area contributed by atoms with Gasteiger partial charge in [-0.2, -0.15) is 4.98 Å². The van der Waals surface area contributed by atoms with Crippen LogP contribution in [0.25, 0.3) is 22.4 Å². The molecule has 0 amide bonds. The fourth-order valence-corrected chi connectivity index (χ4v) is 6.07. The molecule has 228 valence electrons. The summed E-state index contributed by atoms with van der Waals surface area (Å²) in [5.74, 6) is 1.24. The Hall–Kier alpha value is -3.51. The molecule has 0 saturated carbocycles. The zero-order valence-electron chi connectivity index (χ0n) is 25.6. The Kier molecular flexibility index (Phi) is 7.93. The lowest BCUT2D eigenvalue weighted by Gasteiger charge is -2.34. The number of anilines is 2. The Morgan fingerprint density at radius 2 is 1.65 bits per heavy atom. The van der Waals surface area contributed by atoms with Crippen molar-refractivity contribution in [2.45, 2.75) is 70.5 Å². The molecule has 2 N–H and O–H groups in total. The number of morpholine rings is 2. The van der Waals surface area contributed by atoms with E-state index in [1.165, 1.54) is 0 Å². The number of aliphatic hydroxyl groups excluding tert-OH is 1. The normalized spacial score (nSPS) is 25.3. The van der Waals surface area contributed by atoms with Crippen molar-refractivity contribution in [3.8, 4) is 11.3 Å². The molecule has 43 heavy (non-hydrogen) atoms. The molecule has 0 aliphatic carbocycles. The minimum absolute atomic E-state index is 0.0157. The number of aliphatic imine (C=N–C) groups is 1. The zero-order chi connectivity index (χ0) is 30.4. The molecule has 0 bridgehead atoms. The fourth-order valence-electron chi connectivity index (χ4n) is 6.07. The van der Waals surface area contributed by atoms with Crippen LogP contribution in [0, 0.1) is 0 Å². The maximum absolute atomic E-state index is 11.4. The van der Waals surface area contributed by atoms with E-state index in [-0.39, 0.29) is 12.2 Å². The van der Waals surface area contributed by atoms with E-state index < -0.39 is 17.2 Å². The predicted octanol–water partition coefficient (Wildman–Crippen LogP) is 3.28. The van der Waals surface area contributed by atoms with Gasteiger partial charge in [-0.05, 0) is 46.3 Å². The van der Waals surface area contributed by atoms with Crippen molar-refractivity contribution in [2.24, 2.45) is 4.99 Å². The molecule has 2 saturated heterocycles. The second kappa shape index (κ2) is 11.5. The first kappa shape index (κ1) is 29.6. The van der Waals surface area contributed by atoms with Gasteiger partial charge in [-0.1, -0.05) is 30.3 Å². The van der Waals surface area contributed by atoms with Gasteiger partial charge in [0.1, 0.15) is 22.4 Å². The van der Waals surface area contributed by atoms with Gasteiger partial charge in [0.15, 0.2) is 11.5 Å². The van der Waals surface area contributed by atoms with Gasteiger partial charge in [-0.3, -0.25) is 4.99 Å². The van der Waals surface area contributed by atoms with E-state index in [2.05, 4.69) is 16.7 Å². The summed E-state index contributed by atoms with van der Waals surface area (Å²) in [6.07, 6.45) is 3.13. The summed E-state index contributed by atoms with van der Waals surface area (Å²) in [6.45, 7) is 13.1. The van der Waals surface area contributed by atoms with Crippen LogP contribution in [0.15, 0.2) is 47.0 Å². The lowest BCUT2D eigenvalue weighted by atomic mass is 9.87. The number of fused-ring (bicyclic) bond motifs is 1. The highest BCUT2D eigenvalue weighted by molar-refractivity contribution is 5.88. The smallest absolute Gasteiger partial charge is 0.228 e. The third-order valence-corrected chi connectivity index (χ3v) is 8.12. The molecule has 4 atom stereocenters. The largest absolute Gasteiger partial charge is 0.390 e. The predicted molar refractivity (Wildman–Crippen MR) is 167 cm³/mol. The van der Waals surface area contributed by atoms with Gasteiger partial charge in [-0.25, -0.2) is 15.0 Å². The van der Waals surface area contributed by atoms with E-state index in [0.29, 0.717) is 74.3 Å². The number of hydrogen-bond donors (Lipinski definition) is 2. The monoisotopic (exact) mass is 587 g/mol. The Balaban J connectivity index is 1.61. The van der Waals surface area contributed by atoms with Gasteiger partial charge in [-0.15, -0.1) is 0 Å². The summed E-state index contributed by atoms with van der Waals surface area (Å²) in [5, 5.41) is 21.9. The van der Waals surface area contributed by atoms with Crippen molar-refractivity contribution >= 4 is 29.1 Å². The van der Waals surface area contributed by atoms with E-state index in [0.717, 1.165) is 17.0 Å². The molecular formula is C32H41N7O4. The lowest BCUT2D eigenvalue weighted by Crippen LogP contribution is -2.43. The molecule has 11 nitrogen and oxygen atoms in total. The summed E-state index contributed by atoms with van der Waals surface area (Å²) in [4.78, 5) is 29.7. The summed E-state index contributed by atoms with van der Waals surface area (Å²) in [6, 6.07) is 9.98. The molecule has 0 radical (unpaired) electrons. The summed E-state index contributed by atoms with van der Waals surface area (Å²) in [5.41, 5.74) is 1.67. The fraction of sp³-hybridized carbons (Fsp3) is 0.531. The Labute approximate surface area is 252 Å². The number of hydrogen-bond acceptors (Lipinski definition) is 11. The highest BCUT2D eigenvalue weighted by atomic mass is 16.5. The SMILES string of the molecule is CC1CN(c2nc(C3(C(C)O)C=C(CC(C)(C)O)C=N3)c3nc(-c4ccccc4)c(N4CCOC(C)C4)nc3n2)CCO1. The zero-order valence-corrected chi connectivity index (χ0v) is 25.6. The quantitative estimate of drug-likeness (QED) is 0.425. The van der Waals surface area contributed by atoms with Crippen LogP contribution in [0.1, 0.15) is 46.7 Å². The third-order valence-electron chi connectivity index (χ3n) is 8.12. The molecule has 6 rings (SSSR count). The van der Waals surface area contributed by atoms with Crippen molar-refractivity contribution in [1.29, 1.82) is 0 Å². The second-order valence-electron chi connectivity index (χ2n) is 12.5. The van der Waals surface area contributed by atoms with E-state index in [4.69, 9.17) is 34.4 Å². The topological polar surface area (TPSA) is 129 Å². The highest BCUT2D eigenvalue weighted by Gasteiger charge is 2.43. The molecule has 2 aromatic heterocycles. The average Bonchev–Trinajstić information content (AvgIpc) is 3.40. The molecule has 2 fully saturated rings. The molecule has 4 unspecified atom stereocenters. The minimum Gasteiger partial charge on any atom is -0.390 e. The average molecular weight is 588 g/mol. The molecule has 0 spiro atoms. The molecule has 11 heteroatoms. The standard InChI is InChI=1S/C32H41N7O4/c1-20-18-38(11-13-42-20)29-25(24-9-7-6-8-10-24)34-26-27(32(22(3)40)16-23(17-33-32)15-31(4,5)41)35-30(37-28(26)36-29)39-12-14-43-21(2)19-39/h6-10,16-17,20-22,40-41H,11-15,18-19H2,1-5H3. The van der Waals surface area contributed by atoms with Crippen LogP contribution >= 0.6 is 0 Å². The van der Waals surface area contributed by atoms with Gasteiger partial charge in [0, 0.05) is 44.4 Å². The van der Waals surface area contributed by atoms with E-state index in [1.54, 1.807) is 27.0 Å². The number of aliphatic hydroxyl groups is 2. The summed E-state index contributed by atoms with van der Waals surface area (Å²) >= 11 is 0. The van der Waals surface area contributed by atoms with Crippen LogP contribution in [-0.4, -0.2) is 99.7 Å². The molecule has 1 aromatic carbocycles. The lowest BCUT2D eigenvalue weighted by molar-refractivity contribution is 0.0525. The van der Waals surface area contributed by atoms with Crippen LogP contribution in [0.3, 0.4) is 0 Å². The Morgan fingerprint density at radius 3 is 2.30 bits per heavy atom. The van der Waals surface area contributed by atoms with Crippen molar-refractivity contribution in [3.63, 3.8) is 0 Å². The van der Waals surface area contributed by atoms with Crippen LogP contribution in [0.2, 0.25) is 0 Å². The first-order valence-corrected chi connectivity index (χ1v) is 15.1. The van der Waals surface area contributed by atoms with Crippen molar-refractivity contribution < 1.29 is 19.7 Å². The number of rotatable bonds is 7.